The third-order valence-corrected chi connectivity index (χ3v) is 4.87. The number of nitrogens with zero attached hydrogens (tertiary/aromatic N) is 1. The monoisotopic (exact) mass is 390 g/mol. The molecule has 1 unspecified atom stereocenters. The number of nitrogens with one attached hydrogen (secondary N) is 1. The van der Waals surface area contributed by atoms with E-state index in [4.69, 9.17) is 4.74 Å². The molecule has 1 aliphatic rings. The number of amides is 2. The summed E-state index contributed by atoms with van der Waals surface area (Å²) in [6, 6.07) is 8.49. The number of ether oxygens (including phenoxy) is 1. The number of carbonyl (C=O) groups excluding carboxylic acids is 2. The molecule has 0 radical (unpaired) electrons. The Morgan fingerprint density at radius 2 is 1.82 bits per heavy atom. The van der Waals surface area contributed by atoms with Crippen LogP contribution >= 0.6 is 0 Å². The van der Waals surface area contributed by atoms with Gasteiger partial charge < -0.3 is 20.1 Å². The van der Waals surface area contributed by atoms with Crippen molar-refractivity contribution in [3.8, 4) is 5.75 Å². The molecule has 0 spiro atoms. The second-order valence-electron chi connectivity index (χ2n) is 7.60. The number of carbonyl (C=O) groups is 3. The number of rotatable bonds is 9. The van der Waals surface area contributed by atoms with Gasteiger partial charge in [-0.05, 0) is 37.3 Å². The summed E-state index contributed by atoms with van der Waals surface area (Å²) < 4.78 is 5.56. The van der Waals surface area contributed by atoms with Crippen molar-refractivity contribution in [1.82, 2.24) is 10.2 Å². The smallest absolute Gasteiger partial charge is 0.326 e. The van der Waals surface area contributed by atoms with E-state index in [-0.39, 0.29) is 23.7 Å². The van der Waals surface area contributed by atoms with E-state index in [1.165, 1.54) is 0 Å². The number of carboxylic acids is 1. The molecule has 2 rings (SSSR count). The van der Waals surface area contributed by atoms with Crippen molar-refractivity contribution in [3.05, 3.63) is 30.3 Å². The van der Waals surface area contributed by atoms with Crippen molar-refractivity contribution >= 4 is 17.8 Å². The van der Waals surface area contributed by atoms with Crippen LogP contribution in [0.25, 0.3) is 0 Å². The Kier molecular flexibility index (Phi) is 8.29. The highest BCUT2D eigenvalue weighted by Gasteiger charge is 2.30. The van der Waals surface area contributed by atoms with Crippen molar-refractivity contribution in [2.45, 2.75) is 45.6 Å². The van der Waals surface area contributed by atoms with Crippen LogP contribution in [0.3, 0.4) is 0 Å². The SMILES string of the molecule is CC(C)CC(NC(=O)C1CCN(C(=O)CCOc2ccccc2)CC1)C(=O)O. The Balaban J connectivity index is 1.72. The van der Waals surface area contributed by atoms with Gasteiger partial charge in [0.25, 0.3) is 0 Å². The van der Waals surface area contributed by atoms with Crippen LogP contribution in [0.15, 0.2) is 30.3 Å². The molecule has 154 valence electrons. The molecular formula is C21H30N2O5. The second-order valence-corrected chi connectivity index (χ2v) is 7.60. The Morgan fingerprint density at radius 1 is 1.18 bits per heavy atom. The highest BCUT2D eigenvalue weighted by molar-refractivity contribution is 5.85. The first-order valence-corrected chi connectivity index (χ1v) is 9.85. The number of likely N-dealkylation sites (tertiary alicyclic amines) is 1. The van der Waals surface area contributed by atoms with Crippen molar-refractivity contribution in [1.29, 1.82) is 0 Å². The van der Waals surface area contributed by atoms with E-state index in [1.807, 2.05) is 44.2 Å². The number of carboxylic acid groups (broad SMARTS) is 1. The molecule has 1 saturated heterocycles. The molecule has 2 amide bonds. The van der Waals surface area contributed by atoms with Crippen LogP contribution in [-0.2, 0) is 14.4 Å². The van der Waals surface area contributed by atoms with Gasteiger partial charge in [0.1, 0.15) is 11.8 Å². The minimum Gasteiger partial charge on any atom is -0.493 e. The summed E-state index contributed by atoms with van der Waals surface area (Å²) in [4.78, 5) is 37.8. The molecule has 1 aliphatic heterocycles. The van der Waals surface area contributed by atoms with Crippen molar-refractivity contribution in [2.75, 3.05) is 19.7 Å². The topological polar surface area (TPSA) is 95.9 Å². The number of hydrogen-bond donors (Lipinski definition) is 2. The average molecular weight is 390 g/mol. The van der Waals surface area contributed by atoms with E-state index < -0.39 is 12.0 Å². The van der Waals surface area contributed by atoms with Gasteiger partial charge >= 0.3 is 5.97 Å². The van der Waals surface area contributed by atoms with Crippen molar-refractivity contribution in [3.63, 3.8) is 0 Å². The Bertz CT molecular complexity index is 654. The minimum absolute atomic E-state index is 0.0120. The molecule has 7 nitrogen and oxygen atoms in total. The predicted molar refractivity (Wildman–Crippen MR) is 105 cm³/mol. The molecule has 0 aromatic heterocycles. The number of para-hydroxylation sites is 1. The molecule has 0 saturated carbocycles. The summed E-state index contributed by atoms with van der Waals surface area (Å²) in [6.45, 7) is 5.18. The second kappa shape index (κ2) is 10.7. The van der Waals surface area contributed by atoms with Crippen molar-refractivity contribution < 1.29 is 24.2 Å². The maximum atomic E-state index is 12.4. The Morgan fingerprint density at radius 3 is 2.39 bits per heavy atom. The van der Waals surface area contributed by atoms with Gasteiger partial charge in [-0.1, -0.05) is 32.0 Å². The lowest BCUT2D eigenvalue weighted by Gasteiger charge is -2.32. The molecule has 1 fully saturated rings. The minimum atomic E-state index is -1.01. The van der Waals surface area contributed by atoms with Gasteiger partial charge in [0.15, 0.2) is 0 Å². The maximum absolute atomic E-state index is 12.4. The van der Waals surface area contributed by atoms with Gasteiger partial charge in [-0.3, -0.25) is 9.59 Å². The lowest BCUT2D eigenvalue weighted by Crippen LogP contribution is -2.48. The summed E-state index contributed by atoms with van der Waals surface area (Å²) in [5.74, 6) is -0.559. The van der Waals surface area contributed by atoms with E-state index in [0.717, 1.165) is 5.75 Å². The molecular weight excluding hydrogens is 360 g/mol. The van der Waals surface area contributed by atoms with Crippen LogP contribution in [0.5, 0.6) is 5.75 Å². The van der Waals surface area contributed by atoms with Crippen LogP contribution < -0.4 is 10.1 Å². The van der Waals surface area contributed by atoms with Crippen molar-refractivity contribution in [2.24, 2.45) is 11.8 Å². The van der Waals surface area contributed by atoms with E-state index in [9.17, 15) is 19.5 Å². The Hall–Kier alpha value is -2.57. The zero-order valence-electron chi connectivity index (χ0n) is 16.6. The zero-order chi connectivity index (χ0) is 20.5. The summed E-state index contributed by atoms with van der Waals surface area (Å²) in [7, 11) is 0. The standard InChI is InChI=1S/C21H30N2O5/c1-15(2)14-18(21(26)27)22-20(25)16-8-11-23(12-9-16)19(24)10-13-28-17-6-4-3-5-7-17/h3-7,15-16,18H,8-14H2,1-2H3,(H,22,25)(H,26,27). The summed E-state index contributed by atoms with van der Waals surface area (Å²) in [5.41, 5.74) is 0. The van der Waals surface area contributed by atoms with Gasteiger partial charge in [0, 0.05) is 19.0 Å². The molecule has 7 heteroatoms. The third kappa shape index (κ3) is 6.87. The fourth-order valence-electron chi connectivity index (χ4n) is 3.30. The van der Waals surface area contributed by atoms with Crippen LogP contribution in [0.4, 0.5) is 0 Å². The normalized spacial score (nSPS) is 15.9. The van der Waals surface area contributed by atoms with Gasteiger partial charge in [0.05, 0.1) is 13.0 Å². The van der Waals surface area contributed by atoms with E-state index in [1.54, 1.807) is 4.90 Å². The maximum Gasteiger partial charge on any atom is 0.326 e. The fourth-order valence-corrected chi connectivity index (χ4v) is 3.30. The van der Waals surface area contributed by atoms with Crippen LogP contribution in [0.2, 0.25) is 0 Å². The third-order valence-electron chi connectivity index (χ3n) is 4.87. The molecule has 0 aliphatic carbocycles. The van der Waals surface area contributed by atoms with Gasteiger partial charge in [-0.25, -0.2) is 4.79 Å². The highest BCUT2D eigenvalue weighted by atomic mass is 16.5. The van der Waals surface area contributed by atoms with Crippen LogP contribution in [0.1, 0.15) is 39.5 Å². The number of hydrogen-bond acceptors (Lipinski definition) is 4. The first kappa shape index (κ1) is 21.7. The van der Waals surface area contributed by atoms with Gasteiger partial charge in [-0.2, -0.15) is 0 Å². The van der Waals surface area contributed by atoms with Gasteiger partial charge in [0.2, 0.25) is 11.8 Å². The summed E-state index contributed by atoms with van der Waals surface area (Å²) in [5, 5.41) is 11.9. The number of piperidine rings is 1. The summed E-state index contributed by atoms with van der Waals surface area (Å²) >= 11 is 0. The quantitative estimate of drug-likeness (QED) is 0.675. The molecule has 1 aromatic carbocycles. The fraction of sp³-hybridized carbons (Fsp3) is 0.571. The van der Waals surface area contributed by atoms with Crippen LogP contribution in [0, 0.1) is 11.8 Å². The largest absolute Gasteiger partial charge is 0.493 e. The average Bonchev–Trinajstić information content (AvgIpc) is 2.68. The highest BCUT2D eigenvalue weighted by Crippen LogP contribution is 2.19. The Labute approximate surface area is 166 Å². The van der Waals surface area contributed by atoms with E-state index >= 15 is 0 Å². The molecule has 28 heavy (non-hydrogen) atoms. The van der Waals surface area contributed by atoms with E-state index in [0.29, 0.717) is 45.4 Å². The molecule has 1 heterocycles. The van der Waals surface area contributed by atoms with Gasteiger partial charge in [-0.15, -0.1) is 0 Å². The molecule has 1 aromatic rings. The number of benzene rings is 1. The molecule has 2 N–H and O–H groups in total. The van der Waals surface area contributed by atoms with E-state index in [2.05, 4.69) is 5.32 Å². The van der Waals surface area contributed by atoms with Crippen LogP contribution in [-0.4, -0.2) is 53.5 Å². The molecule has 1 atom stereocenters. The number of aliphatic carboxylic acids is 1. The predicted octanol–water partition coefficient (Wildman–Crippen LogP) is 2.31. The summed E-state index contributed by atoms with van der Waals surface area (Å²) in [6.07, 6.45) is 1.79. The first-order valence-electron chi connectivity index (χ1n) is 9.85. The molecule has 0 bridgehead atoms. The first-order chi connectivity index (χ1) is 13.4. The zero-order valence-corrected chi connectivity index (χ0v) is 16.6. The lowest BCUT2D eigenvalue weighted by atomic mass is 9.94. The lowest BCUT2D eigenvalue weighted by molar-refractivity contribution is -0.143.